The van der Waals surface area contributed by atoms with E-state index < -0.39 is 0 Å². The second-order valence-corrected chi connectivity index (χ2v) is 6.95. The second-order valence-electron chi connectivity index (χ2n) is 5.63. The van der Waals surface area contributed by atoms with Crippen molar-refractivity contribution in [2.24, 2.45) is 5.92 Å². The van der Waals surface area contributed by atoms with E-state index in [0.29, 0.717) is 6.04 Å². The second kappa shape index (κ2) is 7.79. The zero-order chi connectivity index (χ0) is 14.5. The summed E-state index contributed by atoms with van der Waals surface area (Å²) in [5.41, 5.74) is 1.24. The van der Waals surface area contributed by atoms with E-state index in [-0.39, 0.29) is 0 Å². The van der Waals surface area contributed by atoms with E-state index in [4.69, 9.17) is 11.6 Å². The lowest BCUT2D eigenvalue weighted by Crippen LogP contribution is -2.38. The molecule has 1 aromatic carbocycles. The molecule has 1 atom stereocenters. The summed E-state index contributed by atoms with van der Waals surface area (Å²) in [7, 11) is 0. The average molecular weight is 360 g/mol. The van der Waals surface area contributed by atoms with Crippen molar-refractivity contribution in [3.63, 3.8) is 0 Å². The van der Waals surface area contributed by atoms with Crippen molar-refractivity contribution in [3.8, 4) is 0 Å². The Labute approximate surface area is 136 Å². The lowest BCUT2D eigenvalue weighted by Gasteiger charge is -2.36. The zero-order valence-electron chi connectivity index (χ0n) is 12.3. The van der Waals surface area contributed by atoms with Crippen molar-refractivity contribution in [3.05, 3.63) is 33.3 Å². The summed E-state index contributed by atoms with van der Waals surface area (Å²) in [5.74, 6) is 0.832. The molecular weight excluding hydrogens is 336 g/mol. The van der Waals surface area contributed by atoms with E-state index in [1.54, 1.807) is 0 Å². The minimum Gasteiger partial charge on any atom is -0.317 e. The molecule has 0 aliphatic carbocycles. The van der Waals surface area contributed by atoms with Gasteiger partial charge in [-0.3, -0.25) is 4.90 Å². The van der Waals surface area contributed by atoms with Gasteiger partial charge in [-0.25, -0.2) is 0 Å². The molecule has 1 aliphatic rings. The summed E-state index contributed by atoms with van der Waals surface area (Å²) >= 11 is 9.84. The van der Waals surface area contributed by atoms with Crippen LogP contribution in [0.15, 0.2) is 22.7 Å². The van der Waals surface area contributed by atoms with E-state index in [2.05, 4.69) is 52.1 Å². The Hall–Kier alpha value is -0.0900. The van der Waals surface area contributed by atoms with Crippen molar-refractivity contribution >= 4 is 27.5 Å². The highest BCUT2D eigenvalue weighted by Gasteiger charge is 2.24. The first-order valence-electron chi connectivity index (χ1n) is 7.51. The molecule has 20 heavy (non-hydrogen) atoms. The molecule has 0 amide bonds. The Kier molecular flexibility index (Phi) is 6.34. The molecule has 1 N–H and O–H groups in total. The van der Waals surface area contributed by atoms with Gasteiger partial charge in [0.15, 0.2) is 0 Å². The fourth-order valence-electron chi connectivity index (χ4n) is 2.93. The number of hydrogen-bond donors (Lipinski definition) is 1. The molecule has 0 spiro atoms. The molecule has 0 radical (unpaired) electrons. The van der Waals surface area contributed by atoms with Crippen molar-refractivity contribution in [1.82, 2.24) is 10.2 Å². The van der Waals surface area contributed by atoms with Crippen molar-refractivity contribution < 1.29 is 0 Å². The fourth-order valence-corrected chi connectivity index (χ4v) is 3.76. The molecule has 1 heterocycles. The fraction of sp³-hybridized carbons (Fsp3) is 0.625. The molecule has 0 bridgehead atoms. The Morgan fingerprint density at radius 1 is 1.40 bits per heavy atom. The summed E-state index contributed by atoms with van der Waals surface area (Å²) in [6, 6.07) is 6.61. The van der Waals surface area contributed by atoms with Gasteiger partial charge in [0.2, 0.25) is 0 Å². The summed E-state index contributed by atoms with van der Waals surface area (Å²) < 4.78 is 1.04. The van der Waals surface area contributed by atoms with Crippen molar-refractivity contribution in [1.29, 1.82) is 0 Å². The van der Waals surface area contributed by atoms with Gasteiger partial charge >= 0.3 is 0 Å². The Balaban J connectivity index is 1.92. The average Bonchev–Trinajstić information content (AvgIpc) is 2.45. The topological polar surface area (TPSA) is 15.3 Å². The van der Waals surface area contributed by atoms with E-state index in [0.717, 1.165) is 28.5 Å². The smallest absolute Gasteiger partial charge is 0.0464 e. The first-order chi connectivity index (χ1) is 9.61. The maximum absolute atomic E-state index is 6.37. The largest absolute Gasteiger partial charge is 0.317 e. The molecule has 1 unspecified atom stereocenters. The van der Waals surface area contributed by atoms with E-state index in [1.807, 2.05) is 6.07 Å². The summed E-state index contributed by atoms with van der Waals surface area (Å²) in [6.45, 7) is 9.02. The monoisotopic (exact) mass is 358 g/mol. The van der Waals surface area contributed by atoms with E-state index >= 15 is 0 Å². The van der Waals surface area contributed by atoms with Crippen LogP contribution in [0, 0.1) is 5.92 Å². The Bertz CT molecular complexity index is 430. The van der Waals surface area contributed by atoms with Crippen LogP contribution in [-0.2, 0) is 0 Å². The van der Waals surface area contributed by atoms with Crippen LogP contribution in [0.4, 0.5) is 0 Å². The molecule has 2 rings (SSSR count). The van der Waals surface area contributed by atoms with Crippen molar-refractivity contribution in [2.45, 2.75) is 32.7 Å². The molecular formula is C16H24BrClN2. The van der Waals surface area contributed by atoms with Gasteiger partial charge in [0.05, 0.1) is 0 Å². The summed E-state index contributed by atoms with van der Waals surface area (Å²) in [5, 5.41) is 4.33. The van der Waals surface area contributed by atoms with Crippen LogP contribution < -0.4 is 5.32 Å². The third kappa shape index (κ3) is 4.20. The van der Waals surface area contributed by atoms with Crippen LogP contribution in [-0.4, -0.2) is 31.1 Å². The number of piperidine rings is 1. The molecule has 1 aromatic rings. The third-order valence-electron chi connectivity index (χ3n) is 4.29. The minimum absolute atomic E-state index is 0.399. The summed E-state index contributed by atoms with van der Waals surface area (Å²) in [4.78, 5) is 2.55. The van der Waals surface area contributed by atoms with Gasteiger partial charge in [0.25, 0.3) is 0 Å². The number of rotatable bonds is 5. The van der Waals surface area contributed by atoms with Crippen molar-refractivity contribution in [2.75, 3.05) is 26.2 Å². The van der Waals surface area contributed by atoms with Gasteiger partial charge < -0.3 is 5.32 Å². The number of nitrogens with one attached hydrogen (secondary N) is 1. The minimum atomic E-state index is 0.399. The van der Waals surface area contributed by atoms with Crippen LogP contribution in [0.3, 0.4) is 0 Å². The van der Waals surface area contributed by atoms with Gasteiger partial charge in [0, 0.05) is 15.5 Å². The number of nitrogens with zero attached hydrogens (tertiary/aromatic N) is 1. The molecule has 2 nitrogen and oxygen atoms in total. The highest BCUT2D eigenvalue weighted by Crippen LogP contribution is 2.32. The zero-order valence-corrected chi connectivity index (χ0v) is 14.7. The number of hydrogen-bond acceptors (Lipinski definition) is 2. The maximum Gasteiger partial charge on any atom is 0.0464 e. The normalized spacial score (nSPS) is 19.2. The quantitative estimate of drug-likeness (QED) is 0.833. The number of likely N-dealkylation sites (tertiary alicyclic amines) is 1. The van der Waals surface area contributed by atoms with Crippen LogP contribution in [0.25, 0.3) is 0 Å². The van der Waals surface area contributed by atoms with Crippen LogP contribution in [0.2, 0.25) is 5.02 Å². The van der Waals surface area contributed by atoms with E-state index in [1.165, 1.54) is 31.5 Å². The first kappa shape index (κ1) is 16.3. The highest BCUT2D eigenvalue weighted by molar-refractivity contribution is 9.10. The lowest BCUT2D eigenvalue weighted by atomic mass is 9.94. The van der Waals surface area contributed by atoms with Crippen LogP contribution >= 0.6 is 27.5 Å². The molecule has 112 valence electrons. The highest BCUT2D eigenvalue weighted by atomic mass is 79.9. The molecule has 1 fully saturated rings. The number of benzene rings is 1. The molecule has 4 heteroatoms. The van der Waals surface area contributed by atoms with Crippen LogP contribution in [0.1, 0.15) is 38.3 Å². The SMILES string of the molecule is CCNCC1CCN(C(C)c2ccc(Br)cc2Cl)CC1. The predicted molar refractivity (Wildman–Crippen MR) is 90.4 cm³/mol. The molecule has 0 aromatic heterocycles. The predicted octanol–water partition coefficient (Wildman–Crippen LogP) is 4.49. The Morgan fingerprint density at radius 2 is 2.10 bits per heavy atom. The van der Waals surface area contributed by atoms with E-state index in [9.17, 15) is 0 Å². The third-order valence-corrected chi connectivity index (χ3v) is 5.11. The number of halogens is 2. The standard InChI is InChI=1S/C16H24BrClN2/c1-3-19-11-13-6-8-20(9-7-13)12(2)15-5-4-14(17)10-16(15)18/h4-5,10,12-13,19H,3,6-9,11H2,1-2H3. The lowest BCUT2D eigenvalue weighted by molar-refractivity contribution is 0.140. The first-order valence-corrected chi connectivity index (χ1v) is 8.68. The van der Waals surface area contributed by atoms with Gasteiger partial charge in [0.1, 0.15) is 0 Å². The van der Waals surface area contributed by atoms with Crippen LogP contribution in [0.5, 0.6) is 0 Å². The van der Waals surface area contributed by atoms with Gasteiger partial charge in [-0.1, -0.05) is 40.5 Å². The maximum atomic E-state index is 6.37. The summed E-state index contributed by atoms with van der Waals surface area (Å²) in [6.07, 6.45) is 2.57. The van der Waals surface area contributed by atoms with Gasteiger partial charge in [-0.05, 0) is 69.6 Å². The van der Waals surface area contributed by atoms with Gasteiger partial charge in [-0.2, -0.15) is 0 Å². The molecule has 1 aliphatic heterocycles. The Morgan fingerprint density at radius 3 is 2.70 bits per heavy atom. The molecule has 1 saturated heterocycles. The van der Waals surface area contributed by atoms with Gasteiger partial charge in [-0.15, -0.1) is 0 Å². The molecule has 0 saturated carbocycles.